The van der Waals surface area contributed by atoms with Crippen molar-refractivity contribution < 1.29 is 0 Å². The van der Waals surface area contributed by atoms with Crippen molar-refractivity contribution in [1.29, 1.82) is 0 Å². The quantitative estimate of drug-likeness (QED) is 0.235. The average molecular weight is 487 g/mol. The maximum absolute atomic E-state index is 4.99. The summed E-state index contributed by atoms with van der Waals surface area (Å²) in [5.74, 6) is 0.685. The Balaban J connectivity index is 1.19. The molecule has 178 valence electrons. The van der Waals surface area contributed by atoms with Crippen molar-refractivity contribution in [2.45, 2.75) is 0 Å². The van der Waals surface area contributed by atoms with Crippen LogP contribution in [-0.2, 0) is 0 Å². The highest BCUT2D eigenvalue weighted by molar-refractivity contribution is 6.03. The highest BCUT2D eigenvalue weighted by Crippen LogP contribution is 2.29. The van der Waals surface area contributed by atoms with Gasteiger partial charge in [-0.15, -0.1) is 0 Å². The molecule has 0 aliphatic carbocycles. The van der Waals surface area contributed by atoms with Crippen LogP contribution in [0.15, 0.2) is 134 Å². The van der Waals surface area contributed by atoms with Gasteiger partial charge in [0, 0.05) is 46.1 Å². The summed E-state index contributed by atoms with van der Waals surface area (Å²) in [7, 11) is 0. The minimum atomic E-state index is 0.685. The molecular formula is C34H22N4. The van der Waals surface area contributed by atoms with E-state index < -0.39 is 0 Å². The molecule has 7 aromatic rings. The van der Waals surface area contributed by atoms with E-state index in [4.69, 9.17) is 15.0 Å². The number of benzene rings is 4. The third-order valence-electron chi connectivity index (χ3n) is 6.83. The summed E-state index contributed by atoms with van der Waals surface area (Å²) >= 11 is 0. The topological polar surface area (TPSA) is 51.6 Å². The summed E-state index contributed by atoms with van der Waals surface area (Å²) in [6, 6.07) is 39.5. The molecule has 4 aromatic carbocycles. The summed E-state index contributed by atoms with van der Waals surface area (Å²) in [6.45, 7) is 0. The number of pyridine rings is 2. The van der Waals surface area contributed by atoms with E-state index in [1.165, 1.54) is 11.1 Å². The van der Waals surface area contributed by atoms with Crippen molar-refractivity contribution in [1.82, 2.24) is 19.9 Å². The van der Waals surface area contributed by atoms with Gasteiger partial charge in [-0.1, -0.05) is 97.1 Å². The molecule has 0 radical (unpaired) electrons. The number of aromatic nitrogens is 4. The van der Waals surface area contributed by atoms with Crippen LogP contribution in [0.4, 0.5) is 0 Å². The molecule has 0 saturated heterocycles. The third-order valence-corrected chi connectivity index (χ3v) is 6.83. The Kier molecular flexibility index (Phi) is 5.41. The molecule has 3 heterocycles. The Morgan fingerprint density at radius 3 is 1.82 bits per heavy atom. The van der Waals surface area contributed by atoms with Gasteiger partial charge in [0.05, 0.1) is 16.7 Å². The van der Waals surface area contributed by atoms with E-state index in [0.717, 1.165) is 49.8 Å². The lowest BCUT2D eigenvalue weighted by Crippen LogP contribution is -1.92. The van der Waals surface area contributed by atoms with Crippen molar-refractivity contribution in [2.75, 3.05) is 0 Å². The van der Waals surface area contributed by atoms with Gasteiger partial charge in [0.15, 0.2) is 5.82 Å². The molecule has 0 atom stereocenters. The second-order valence-electron chi connectivity index (χ2n) is 9.23. The van der Waals surface area contributed by atoms with E-state index in [1.54, 1.807) is 0 Å². The fourth-order valence-corrected chi connectivity index (χ4v) is 4.81. The van der Waals surface area contributed by atoms with E-state index in [1.807, 2.05) is 42.9 Å². The first-order valence-corrected chi connectivity index (χ1v) is 12.6. The van der Waals surface area contributed by atoms with Gasteiger partial charge in [-0.2, -0.15) is 0 Å². The molecular weight excluding hydrogens is 464 g/mol. The van der Waals surface area contributed by atoms with E-state index in [0.29, 0.717) is 5.82 Å². The maximum Gasteiger partial charge on any atom is 0.159 e. The van der Waals surface area contributed by atoms with Gasteiger partial charge in [-0.3, -0.25) is 4.98 Å². The summed E-state index contributed by atoms with van der Waals surface area (Å²) in [5, 5.41) is 2.16. The number of rotatable bonds is 4. The average Bonchev–Trinajstić information content (AvgIpc) is 3.01. The van der Waals surface area contributed by atoms with Crippen LogP contribution in [0.1, 0.15) is 0 Å². The molecule has 0 spiro atoms. The molecule has 0 fully saturated rings. The van der Waals surface area contributed by atoms with Crippen LogP contribution in [0, 0.1) is 0 Å². The predicted octanol–water partition coefficient (Wildman–Crippen LogP) is 8.24. The number of hydrogen-bond donors (Lipinski definition) is 0. The van der Waals surface area contributed by atoms with Crippen molar-refractivity contribution in [3.05, 3.63) is 134 Å². The molecule has 4 nitrogen and oxygen atoms in total. The molecule has 3 aromatic heterocycles. The van der Waals surface area contributed by atoms with Gasteiger partial charge in [-0.05, 0) is 34.9 Å². The van der Waals surface area contributed by atoms with Crippen LogP contribution in [0.2, 0.25) is 0 Å². The lowest BCUT2D eigenvalue weighted by Gasteiger charge is -2.08. The van der Waals surface area contributed by atoms with Crippen LogP contribution in [0.5, 0.6) is 0 Å². The van der Waals surface area contributed by atoms with Crippen LogP contribution in [0.3, 0.4) is 0 Å². The number of fused-ring (bicyclic) bond motifs is 3. The van der Waals surface area contributed by atoms with Crippen molar-refractivity contribution in [2.24, 2.45) is 0 Å². The first kappa shape index (κ1) is 22.0. The molecule has 0 saturated carbocycles. The SMILES string of the molecule is c1ccc(-c2ccc(-c3cnc(-c4cccc(-c5ccc6ccc7cccnc7c6n5)c4)nc3)cc2)cc1. The van der Waals surface area contributed by atoms with Crippen LogP contribution >= 0.6 is 0 Å². The third kappa shape index (κ3) is 4.08. The van der Waals surface area contributed by atoms with Gasteiger partial charge in [0.1, 0.15) is 0 Å². The molecule has 4 heteroatoms. The highest BCUT2D eigenvalue weighted by atomic mass is 14.9. The molecule has 7 rings (SSSR count). The predicted molar refractivity (Wildman–Crippen MR) is 154 cm³/mol. The number of nitrogens with zero attached hydrogens (tertiary/aromatic N) is 4. The zero-order chi connectivity index (χ0) is 25.3. The zero-order valence-corrected chi connectivity index (χ0v) is 20.5. The Morgan fingerprint density at radius 1 is 0.395 bits per heavy atom. The van der Waals surface area contributed by atoms with Gasteiger partial charge in [0.2, 0.25) is 0 Å². The maximum atomic E-state index is 4.99. The van der Waals surface area contributed by atoms with Crippen molar-refractivity contribution in [3.8, 4) is 44.9 Å². The molecule has 0 unspecified atom stereocenters. The fraction of sp³-hybridized carbons (Fsp3) is 0. The minimum absolute atomic E-state index is 0.685. The lowest BCUT2D eigenvalue weighted by molar-refractivity contribution is 1.18. The van der Waals surface area contributed by atoms with Crippen molar-refractivity contribution >= 4 is 21.8 Å². The van der Waals surface area contributed by atoms with E-state index >= 15 is 0 Å². The molecule has 0 aliphatic rings. The van der Waals surface area contributed by atoms with Gasteiger partial charge < -0.3 is 0 Å². The Bertz CT molecular complexity index is 1890. The summed E-state index contributed by atoms with van der Waals surface area (Å²) in [5.41, 5.74) is 9.15. The van der Waals surface area contributed by atoms with E-state index in [9.17, 15) is 0 Å². The van der Waals surface area contributed by atoms with Gasteiger partial charge in [0.25, 0.3) is 0 Å². The van der Waals surface area contributed by atoms with E-state index in [2.05, 4.69) is 96.0 Å². The second kappa shape index (κ2) is 9.34. The van der Waals surface area contributed by atoms with E-state index in [-0.39, 0.29) is 0 Å². The van der Waals surface area contributed by atoms with Crippen LogP contribution in [-0.4, -0.2) is 19.9 Å². The summed E-state index contributed by atoms with van der Waals surface area (Å²) in [4.78, 5) is 18.9. The molecule has 0 bridgehead atoms. The summed E-state index contributed by atoms with van der Waals surface area (Å²) < 4.78 is 0. The van der Waals surface area contributed by atoms with Crippen LogP contribution in [0.25, 0.3) is 66.7 Å². The summed E-state index contributed by atoms with van der Waals surface area (Å²) in [6.07, 6.45) is 5.59. The zero-order valence-electron chi connectivity index (χ0n) is 20.5. The normalized spacial score (nSPS) is 11.2. The Labute approximate surface area is 220 Å². The monoisotopic (exact) mass is 486 g/mol. The lowest BCUT2D eigenvalue weighted by atomic mass is 10.0. The fourth-order valence-electron chi connectivity index (χ4n) is 4.81. The standard InChI is InChI=1S/C34H22N4/c1-2-6-23(7-3-1)24-11-13-25(14-12-24)30-21-36-34(37-22-30)29-9-4-8-28(20-29)31-18-17-27-16-15-26-10-5-19-35-32(26)33(27)38-31/h1-22H. The second-order valence-corrected chi connectivity index (χ2v) is 9.23. The van der Waals surface area contributed by atoms with Gasteiger partial charge >= 0.3 is 0 Å². The molecule has 38 heavy (non-hydrogen) atoms. The highest BCUT2D eigenvalue weighted by Gasteiger charge is 2.09. The Morgan fingerprint density at radius 2 is 1.03 bits per heavy atom. The van der Waals surface area contributed by atoms with Crippen LogP contribution < -0.4 is 0 Å². The molecule has 0 N–H and O–H groups in total. The van der Waals surface area contributed by atoms with Gasteiger partial charge in [-0.25, -0.2) is 15.0 Å². The largest absolute Gasteiger partial charge is 0.254 e. The first-order valence-electron chi connectivity index (χ1n) is 12.6. The number of hydrogen-bond acceptors (Lipinski definition) is 4. The smallest absolute Gasteiger partial charge is 0.159 e. The molecule has 0 amide bonds. The molecule has 0 aliphatic heterocycles. The van der Waals surface area contributed by atoms with Crippen molar-refractivity contribution in [3.63, 3.8) is 0 Å². The minimum Gasteiger partial charge on any atom is -0.254 e. The first-order chi connectivity index (χ1) is 18.8. The Hall–Kier alpha value is -5.22.